The molecule has 2 aromatic carbocycles. The molecule has 6 heteroatoms. The summed E-state index contributed by atoms with van der Waals surface area (Å²) in [6.07, 6.45) is 0.950. The van der Waals surface area contributed by atoms with Crippen molar-refractivity contribution in [2.45, 2.75) is 0 Å². The molecule has 0 radical (unpaired) electrons. The summed E-state index contributed by atoms with van der Waals surface area (Å²) in [5.41, 5.74) is 0.912. The van der Waals surface area contributed by atoms with Crippen LogP contribution >= 0.6 is 23.2 Å². The summed E-state index contributed by atoms with van der Waals surface area (Å²) in [6, 6.07) is 14.0. The first-order chi connectivity index (χ1) is 10.6. The lowest BCUT2D eigenvalue weighted by molar-refractivity contribution is 0.215. The lowest BCUT2D eigenvalue weighted by Gasteiger charge is -2.10. The molecule has 0 spiro atoms. The van der Waals surface area contributed by atoms with Crippen LogP contribution in [0.5, 0.6) is 5.75 Å². The second kappa shape index (κ2) is 6.22. The second-order valence-electron chi connectivity index (χ2n) is 4.44. The zero-order chi connectivity index (χ0) is 15.5. The van der Waals surface area contributed by atoms with Crippen molar-refractivity contribution >= 4 is 45.9 Å². The number of para-hydroxylation sites is 2. The number of hydrogen-bond donors (Lipinski definition) is 1. The lowest BCUT2D eigenvalue weighted by Crippen LogP contribution is -2.17. The number of hydrogen-bond acceptors (Lipinski definition) is 3. The van der Waals surface area contributed by atoms with E-state index in [-0.39, 0.29) is 0 Å². The quantitative estimate of drug-likeness (QED) is 0.705. The van der Waals surface area contributed by atoms with Crippen LogP contribution in [0.25, 0.3) is 10.9 Å². The Kier molecular flexibility index (Phi) is 4.13. The van der Waals surface area contributed by atoms with Crippen LogP contribution in [0.2, 0.25) is 10.0 Å². The van der Waals surface area contributed by atoms with Crippen molar-refractivity contribution in [1.82, 2.24) is 4.98 Å². The minimum absolute atomic E-state index is 0.309. The summed E-state index contributed by atoms with van der Waals surface area (Å²) in [4.78, 5) is 16.3. The molecule has 4 nitrogen and oxygen atoms in total. The molecule has 0 bridgehead atoms. The van der Waals surface area contributed by atoms with Crippen molar-refractivity contribution in [3.8, 4) is 5.75 Å². The maximum atomic E-state index is 12.1. The molecule has 3 rings (SSSR count). The Morgan fingerprint density at radius 2 is 1.68 bits per heavy atom. The number of nitrogens with one attached hydrogen (secondary N) is 1. The van der Waals surface area contributed by atoms with Gasteiger partial charge in [-0.05, 0) is 24.3 Å². The van der Waals surface area contributed by atoms with Crippen LogP contribution in [0.4, 0.5) is 10.5 Å². The molecule has 0 saturated heterocycles. The number of amides is 1. The van der Waals surface area contributed by atoms with E-state index >= 15 is 0 Å². The minimum atomic E-state index is -0.687. The normalized spacial score (nSPS) is 10.5. The first kappa shape index (κ1) is 14.6. The molecule has 1 aromatic heterocycles. The first-order valence-electron chi connectivity index (χ1n) is 6.42. The number of rotatable bonds is 2. The van der Waals surface area contributed by atoms with Crippen LogP contribution in [0, 0.1) is 0 Å². The molecule has 3 aromatic rings. The zero-order valence-corrected chi connectivity index (χ0v) is 12.7. The fourth-order valence-corrected chi connectivity index (χ4v) is 2.50. The van der Waals surface area contributed by atoms with Crippen LogP contribution in [0.15, 0.2) is 54.7 Å². The number of nitrogens with zero attached hydrogens (tertiary/aromatic N) is 1. The van der Waals surface area contributed by atoms with Crippen LogP contribution in [-0.2, 0) is 0 Å². The molecule has 0 saturated carbocycles. The van der Waals surface area contributed by atoms with Crippen molar-refractivity contribution in [2.75, 3.05) is 5.32 Å². The van der Waals surface area contributed by atoms with Crippen molar-refractivity contribution < 1.29 is 9.53 Å². The fourth-order valence-electron chi connectivity index (χ4n) is 2.00. The SMILES string of the molecule is O=C(Nc1c(Cl)cccc1Cl)Oc1cccc2cccnc12. The summed E-state index contributed by atoms with van der Waals surface area (Å²) in [6.45, 7) is 0. The van der Waals surface area contributed by atoms with Gasteiger partial charge in [0, 0.05) is 11.6 Å². The summed E-state index contributed by atoms with van der Waals surface area (Å²) >= 11 is 12.0. The zero-order valence-electron chi connectivity index (χ0n) is 11.2. The molecule has 1 heterocycles. The standard InChI is InChI=1S/C16H10Cl2N2O2/c17-11-6-2-7-12(18)15(11)20-16(21)22-13-8-1-4-10-5-3-9-19-14(10)13/h1-9H,(H,20,21). The number of ether oxygens (including phenoxy) is 1. The highest BCUT2D eigenvalue weighted by Crippen LogP contribution is 2.30. The smallest absolute Gasteiger partial charge is 0.408 e. The Morgan fingerprint density at radius 1 is 1.00 bits per heavy atom. The summed E-state index contributed by atoms with van der Waals surface area (Å²) in [5, 5.41) is 4.08. The molecule has 0 aliphatic rings. The molecule has 22 heavy (non-hydrogen) atoms. The van der Waals surface area contributed by atoms with Crippen molar-refractivity contribution in [1.29, 1.82) is 0 Å². The number of anilines is 1. The predicted molar refractivity (Wildman–Crippen MR) is 87.9 cm³/mol. The van der Waals surface area contributed by atoms with E-state index in [1.54, 1.807) is 36.5 Å². The van der Waals surface area contributed by atoms with Gasteiger partial charge in [0.25, 0.3) is 0 Å². The molecular formula is C16H10Cl2N2O2. The molecule has 0 unspecified atom stereocenters. The van der Waals surface area contributed by atoms with Crippen LogP contribution in [0.1, 0.15) is 0 Å². The van der Waals surface area contributed by atoms with Crippen LogP contribution in [-0.4, -0.2) is 11.1 Å². The number of carbonyl (C=O) groups is 1. The molecular weight excluding hydrogens is 323 g/mol. The highest BCUT2D eigenvalue weighted by molar-refractivity contribution is 6.39. The average molecular weight is 333 g/mol. The Labute approximate surface area is 136 Å². The lowest BCUT2D eigenvalue weighted by atomic mass is 10.2. The first-order valence-corrected chi connectivity index (χ1v) is 7.17. The molecule has 110 valence electrons. The maximum Gasteiger partial charge on any atom is 0.417 e. The minimum Gasteiger partial charge on any atom is -0.408 e. The van der Waals surface area contributed by atoms with Gasteiger partial charge in [-0.3, -0.25) is 10.3 Å². The highest BCUT2D eigenvalue weighted by Gasteiger charge is 2.13. The third-order valence-corrected chi connectivity index (χ3v) is 3.62. The topological polar surface area (TPSA) is 51.2 Å². The largest absolute Gasteiger partial charge is 0.417 e. The predicted octanol–water partition coefficient (Wildman–Crippen LogP) is 5.15. The summed E-state index contributed by atoms with van der Waals surface area (Å²) < 4.78 is 5.31. The van der Waals surface area contributed by atoms with E-state index in [4.69, 9.17) is 27.9 Å². The number of pyridine rings is 1. The van der Waals surface area contributed by atoms with E-state index in [1.807, 2.05) is 18.2 Å². The van der Waals surface area contributed by atoms with Gasteiger partial charge in [-0.25, -0.2) is 4.79 Å². The van der Waals surface area contributed by atoms with Crippen LogP contribution in [0.3, 0.4) is 0 Å². The number of benzene rings is 2. The van der Waals surface area contributed by atoms with E-state index in [9.17, 15) is 4.79 Å². The summed E-state index contributed by atoms with van der Waals surface area (Å²) in [5.74, 6) is 0.360. The van der Waals surface area contributed by atoms with Gasteiger partial charge in [0.2, 0.25) is 0 Å². The highest BCUT2D eigenvalue weighted by atomic mass is 35.5. The van der Waals surface area contributed by atoms with Gasteiger partial charge in [0.05, 0.1) is 15.7 Å². The van der Waals surface area contributed by atoms with E-state index in [0.717, 1.165) is 5.39 Å². The van der Waals surface area contributed by atoms with Gasteiger partial charge in [0.1, 0.15) is 5.52 Å². The molecule has 1 amide bonds. The van der Waals surface area contributed by atoms with E-state index in [0.29, 0.717) is 27.0 Å². The van der Waals surface area contributed by atoms with Gasteiger partial charge in [-0.1, -0.05) is 47.5 Å². The van der Waals surface area contributed by atoms with Crippen molar-refractivity contribution in [3.63, 3.8) is 0 Å². The number of fused-ring (bicyclic) bond motifs is 1. The molecule has 0 aliphatic heterocycles. The number of halogens is 2. The van der Waals surface area contributed by atoms with Gasteiger partial charge in [0.15, 0.2) is 5.75 Å². The summed E-state index contributed by atoms with van der Waals surface area (Å²) in [7, 11) is 0. The molecule has 0 fully saturated rings. The molecule has 0 atom stereocenters. The number of aromatic nitrogens is 1. The Bertz CT molecular complexity index is 827. The number of carbonyl (C=O) groups excluding carboxylic acids is 1. The fraction of sp³-hybridized carbons (Fsp3) is 0. The third kappa shape index (κ3) is 2.98. The molecule has 1 N–H and O–H groups in total. The molecule has 0 aliphatic carbocycles. The van der Waals surface area contributed by atoms with E-state index in [1.165, 1.54) is 0 Å². The van der Waals surface area contributed by atoms with Crippen molar-refractivity contribution in [3.05, 3.63) is 64.8 Å². The Balaban J connectivity index is 1.85. The second-order valence-corrected chi connectivity index (χ2v) is 5.26. The Morgan fingerprint density at radius 3 is 2.45 bits per heavy atom. The van der Waals surface area contributed by atoms with E-state index < -0.39 is 6.09 Å². The van der Waals surface area contributed by atoms with Crippen LogP contribution < -0.4 is 10.1 Å². The van der Waals surface area contributed by atoms with Gasteiger partial charge < -0.3 is 4.74 Å². The Hall–Kier alpha value is -2.30. The van der Waals surface area contributed by atoms with Gasteiger partial charge in [-0.2, -0.15) is 0 Å². The van der Waals surface area contributed by atoms with Gasteiger partial charge in [-0.15, -0.1) is 0 Å². The van der Waals surface area contributed by atoms with Gasteiger partial charge >= 0.3 is 6.09 Å². The van der Waals surface area contributed by atoms with Crippen molar-refractivity contribution in [2.24, 2.45) is 0 Å². The van der Waals surface area contributed by atoms with E-state index in [2.05, 4.69) is 10.3 Å². The third-order valence-electron chi connectivity index (χ3n) is 2.99. The average Bonchev–Trinajstić information content (AvgIpc) is 2.51. The monoisotopic (exact) mass is 332 g/mol. The maximum absolute atomic E-state index is 12.1.